The maximum absolute atomic E-state index is 3.50. The topological polar surface area (TPSA) is 15.3 Å². The van der Waals surface area contributed by atoms with Crippen LogP contribution in [0.4, 0.5) is 0 Å². The van der Waals surface area contributed by atoms with Crippen LogP contribution in [0.1, 0.15) is 42.5 Å². The molecule has 2 rings (SSSR count). The molecule has 0 spiro atoms. The van der Waals surface area contributed by atoms with Crippen molar-refractivity contribution in [2.75, 3.05) is 19.6 Å². The summed E-state index contributed by atoms with van der Waals surface area (Å²) in [4.78, 5) is 5.61. The molecule has 19 heavy (non-hydrogen) atoms. The minimum absolute atomic E-state index is 0.852. The fourth-order valence-electron chi connectivity index (χ4n) is 2.84. The number of hydrogen-bond acceptors (Lipinski definition) is 3. The van der Waals surface area contributed by atoms with Crippen LogP contribution >= 0.6 is 11.3 Å². The smallest absolute Gasteiger partial charge is 0.0299 e. The van der Waals surface area contributed by atoms with Gasteiger partial charge >= 0.3 is 0 Å². The number of aryl methyl sites for hydroxylation is 1. The van der Waals surface area contributed by atoms with Crippen molar-refractivity contribution in [3.8, 4) is 0 Å². The molecule has 1 aliphatic heterocycles. The van der Waals surface area contributed by atoms with E-state index >= 15 is 0 Å². The fraction of sp³-hybridized carbons (Fsp3) is 0.750. The first-order valence-electron chi connectivity index (χ1n) is 7.61. The van der Waals surface area contributed by atoms with Crippen LogP contribution in [0.5, 0.6) is 0 Å². The molecule has 3 heteroatoms. The summed E-state index contributed by atoms with van der Waals surface area (Å²) in [5.74, 6) is 1.70. The third-order valence-corrected chi connectivity index (χ3v) is 5.35. The van der Waals surface area contributed by atoms with Crippen LogP contribution in [-0.4, -0.2) is 24.5 Å². The highest BCUT2D eigenvalue weighted by Crippen LogP contribution is 2.27. The highest BCUT2D eigenvalue weighted by atomic mass is 32.1. The Kier molecular flexibility index (Phi) is 5.43. The van der Waals surface area contributed by atoms with Crippen LogP contribution in [0.2, 0.25) is 0 Å². The first kappa shape index (κ1) is 15.0. The molecule has 1 N–H and O–H groups in total. The van der Waals surface area contributed by atoms with E-state index in [0.717, 1.165) is 31.5 Å². The molecule has 1 fully saturated rings. The van der Waals surface area contributed by atoms with Gasteiger partial charge in [0.1, 0.15) is 0 Å². The average Bonchev–Trinajstić information content (AvgIpc) is 2.85. The van der Waals surface area contributed by atoms with Crippen molar-refractivity contribution >= 4 is 11.3 Å². The van der Waals surface area contributed by atoms with E-state index < -0.39 is 0 Å². The predicted molar refractivity (Wildman–Crippen MR) is 84.7 cm³/mol. The molecule has 2 atom stereocenters. The number of nitrogens with one attached hydrogen (secondary N) is 1. The maximum atomic E-state index is 3.50. The number of nitrogens with zero attached hydrogens (tertiary/aromatic N) is 1. The van der Waals surface area contributed by atoms with E-state index in [4.69, 9.17) is 0 Å². The number of rotatable bonds is 6. The molecular weight excluding hydrogens is 252 g/mol. The van der Waals surface area contributed by atoms with Gasteiger partial charge in [0.15, 0.2) is 0 Å². The summed E-state index contributed by atoms with van der Waals surface area (Å²) in [7, 11) is 0. The van der Waals surface area contributed by atoms with Gasteiger partial charge in [-0.15, -0.1) is 11.3 Å². The summed E-state index contributed by atoms with van der Waals surface area (Å²) in [5.41, 5.74) is 1.54. The van der Waals surface area contributed by atoms with Gasteiger partial charge in [0.05, 0.1) is 0 Å². The molecule has 1 aromatic rings. The Balaban J connectivity index is 1.90. The minimum Gasteiger partial charge on any atom is -0.312 e. The van der Waals surface area contributed by atoms with E-state index in [1.54, 1.807) is 5.56 Å². The largest absolute Gasteiger partial charge is 0.312 e. The van der Waals surface area contributed by atoms with Crippen molar-refractivity contribution in [3.63, 3.8) is 0 Å². The summed E-state index contributed by atoms with van der Waals surface area (Å²) in [5, 5.41) is 3.50. The van der Waals surface area contributed by atoms with Crippen molar-refractivity contribution in [1.82, 2.24) is 10.2 Å². The normalized spacial score (nSPS) is 24.2. The Morgan fingerprint density at radius 1 is 1.32 bits per heavy atom. The van der Waals surface area contributed by atoms with Crippen molar-refractivity contribution in [3.05, 3.63) is 21.4 Å². The third-order valence-electron chi connectivity index (χ3n) is 4.26. The van der Waals surface area contributed by atoms with Crippen LogP contribution in [-0.2, 0) is 13.1 Å². The third kappa shape index (κ3) is 4.04. The monoisotopic (exact) mass is 280 g/mol. The molecule has 0 aliphatic carbocycles. The Morgan fingerprint density at radius 2 is 2.00 bits per heavy atom. The van der Waals surface area contributed by atoms with Gasteiger partial charge in [0.25, 0.3) is 0 Å². The van der Waals surface area contributed by atoms with Gasteiger partial charge in [-0.2, -0.15) is 0 Å². The molecule has 2 unspecified atom stereocenters. The fourth-order valence-corrected chi connectivity index (χ4v) is 3.86. The molecule has 1 aromatic heterocycles. The molecule has 0 bridgehead atoms. The lowest BCUT2D eigenvalue weighted by Gasteiger charge is -2.14. The van der Waals surface area contributed by atoms with Gasteiger partial charge in [-0.1, -0.05) is 20.8 Å². The summed E-state index contributed by atoms with van der Waals surface area (Å²) < 4.78 is 0. The number of thiophene rings is 1. The van der Waals surface area contributed by atoms with E-state index in [-0.39, 0.29) is 0 Å². The lowest BCUT2D eigenvalue weighted by molar-refractivity contribution is 0.316. The maximum Gasteiger partial charge on any atom is 0.0299 e. The molecular formula is C16H28N2S. The zero-order chi connectivity index (χ0) is 13.8. The Hall–Kier alpha value is -0.380. The molecule has 108 valence electrons. The standard InChI is InChI=1S/C16H28N2S/c1-5-6-17-8-16-7-15(14(4)19-16)11-18-9-12(2)13(3)10-18/h7,12-13,17H,5-6,8-11H2,1-4H3. The Morgan fingerprint density at radius 3 is 2.63 bits per heavy atom. The molecule has 2 nitrogen and oxygen atoms in total. The van der Waals surface area contributed by atoms with Crippen molar-refractivity contribution < 1.29 is 0 Å². The highest BCUT2D eigenvalue weighted by Gasteiger charge is 2.26. The second-order valence-corrected chi connectivity index (χ2v) is 7.46. The average molecular weight is 280 g/mol. The summed E-state index contributed by atoms with van der Waals surface area (Å²) in [6, 6.07) is 2.41. The molecule has 1 aliphatic rings. The van der Waals surface area contributed by atoms with Gasteiger partial charge in [-0.3, -0.25) is 4.90 Å². The SMILES string of the molecule is CCCNCc1cc(CN2CC(C)C(C)C2)c(C)s1. The summed E-state index contributed by atoms with van der Waals surface area (Å²) in [6.45, 7) is 15.1. The first-order chi connectivity index (χ1) is 9.10. The van der Waals surface area contributed by atoms with Crippen molar-refractivity contribution in [2.45, 2.75) is 47.2 Å². The van der Waals surface area contributed by atoms with Crippen LogP contribution in [0.25, 0.3) is 0 Å². The molecule has 0 amide bonds. The first-order valence-corrected chi connectivity index (χ1v) is 8.43. The van der Waals surface area contributed by atoms with E-state index in [2.05, 4.69) is 44.0 Å². The van der Waals surface area contributed by atoms with Gasteiger partial charge in [0.2, 0.25) is 0 Å². The van der Waals surface area contributed by atoms with Crippen molar-refractivity contribution in [1.29, 1.82) is 0 Å². The van der Waals surface area contributed by atoms with Crippen LogP contribution in [0.3, 0.4) is 0 Å². The van der Waals surface area contributed by atoms with Gasteiger partial charge < -0.3 is 5.32 Å². The summed E-state index contributed by atoms with van der Waals surface area (Å²) in [6.07, 6.45) is 1.21. The molecule has 1 saturated heterocycles. The Labute approximate surface area is 122 Å². The quantitative estimate of drug-likeness (QED) is 0.800. The zero-order valence-electron chi connectivity index (χ0n) is 12.8. The summed E-state index contributed by atoms with van der Waals surface area (Å²) >= 11 is 1.96. The van der Waals surface area contributed by atoms with Crippen molar-refractivity contribution in [2.24, 2.45) is 11.8 Å². The van der Waals surface area contributed by atoms with Gasteiger partial charge in [-0.05, 0) is 43.4 Å². The molecule has 0 radical (unpaired) electrons. The minimum atomic E-state index is 0.852. The molecule has 0 saturated carbocycles. The lowest BCUT2D eigenvalue weighted by Crippen LogP contribution is -2.20. The van der Waals surface area contributed by atoms with Crippen LogP contribution < -0.4 is 5.32 Å². The number of likely N-dealkylation sites (tertiary alicyclic amines) is 1. The Bertz CT molecular complexity index is 389. The molecule has 0 aromatic carbocycles. The van der Waals surface area contributed by atoms with E-state index in [1.807, 2.05) is 11.3 Å². The van der Waals surface area contributed by atoms with Crippen LogP contribution in [0, 0.1) is 18.8 Å². The second-order valence-electron chi connectivity index (χ2n) is 6.12. The highest BCUT2D eigenvalue weighted by molar-refractivity contribution is 7.12. The van der Waals surface area contributed by atoms with E-state index in [1.165, 1.54) is 29.3 Å². The predicted octanol–water partition coefficient (Wildman–Crippen LogP) is 3.64. The number of hydrogen-bond donors (Lipinski definition) is 1. The van der Waals surface area contributed by atoms with Gasteiger partial charge in [0, 0.05) is 35.9 Å². The van der Waals surface area contributed by atoms with E-state index in [9.17, 15) is 0 Å². The van der Waals surface area contributed by atoms with Crippen LogP contribution in [0.15, 0.2) is 6.07 Å². The van der Waals surface area contributed by atoms with Gasteiger partial charge in [-0.25, -0.2) is 0 Å². The molecule has 2 heterocycles. The van der Waals surface area contributed by atoms with E-state index in [0.29, 0.717) is 0 Å². The lowest BCUT2D eigenvalue weighted by atomic mass is 10.0. The zero-order valence-corrected chi connectivity index (χ0v) is 13.6. The second kappa shape index (κ2) is 6.87.